The van der Waals surface area contributed by atoms with Crippen molar-refractivity contribution in [3.05, 3.63) is 43.7 Å². The molecule has 0 radical (unpaired) electrons. The fourth-order valence-electron chi connectivity index (χ4n) is 1.77. The molecule has 1 aromatic heterocycles. The maximum atomic E-state index is 6.28. The molecule has 0 aliphatic rings. The SMILES string of the molecule is CC(C)C(N)c1ccc(-c2c(Cl)cc(Br)cc2Cl)s1. The number of hydrogen-bond acceptors (Lipinski definition) is 2. The summed E-state index contributed by atoms with van der Waals surface area (Å²) in [7, 11) is 0. The average molecular weight is 379 g/mol. The highest BCUT2D eigenvalue weighted by molar-refractivity contribution is 9.10. The molecule has 1 nitrogen and oxygen atoms in total. The zero-order chi connectivity index (χ0) is 14.2. The standard InChI is InChI=1S/C14H14BrCl2NS/c1-7(2)14(18)12-4-3-11(19-12)13-9(16)5-8(15)6-10(13)17/h3-7,14H,18H2,1-2H3. The van der Waals surface area contributed by atoms with Gasteiger partial charge < -0.3 is 5.73 Å². The Kier molecular flexibility index (Phi) is 4.96. The van der Waals surface area contributed by atoms with Gasteiger partial charge in [-0.2, -0.15) is 0 Å². The number of rotatable bonds is 3. The quantitative estimate of drug-likeness (QED) is 0.681. The number of hydrogen-bond donors (Lipinski definition) is 1. The molecule has 102 valence electrons. The molecule has 2 N–H and O–H groups in total. The smallest absolute Gasteiger partial charge is 0.0518 e. The predicted molar refractivity (Wildman–Crippen MR) is 89.2 cm³/mol. The van der Waals surface area contributed by atoms with Crippen LogP contribution in [-0.4, -0.2) is 0 Å². The average Bonchev–Trinajstić information content (AvgIpc) is 2.75. The predicted octanol–water partition coefficient (Wildman–Crippen LogP) is 6.14. The van der Waals surface area contributed by atoms with E-state index in [1.54, 1.807) is 11.3 Å². The van der Waals surface area contributed by atoms with Crippen LogP contribution in [0.2, 0.25) is 10.0 Å². The van der Waals surface area contributed by atoms with Gasteiger partial charge in [-0.1, -0.05) is 53.0 Å². The van der Waals surface area contributed by atoms with Crippen molar-refractivity contribution in [3.63, 3.8) is 0 Å². The first kappa shape index (κ1) is 15.3. The first-order valence-corrected chi connectivity index (χ1v) is 8.27. The summed E-state index contributed by atoms with van der Waals surface area (Å²) in [5, 5.41) is 1.29. The molecule has 1 heterocycles. The van der Waals surface area contributed by atoms with Crippen LogP contribution < -0.4 is 5.73 Å². The van der Waals surface area contributed by atoms with Crippen LogP contribution in [0.3, 0.4) is 0 Å². The van der Waals surface area contributed by atoms with E-state index in [-0.39, 0.29) is 6.04 Å². The van der Waals surface area contributed by atoms with Gasteiger partial charge in [0, 0.05) is 25.8 Å². The number of halogens is 3. The lowest BCUT2D eigenvalue weighted by molar-refractivity contribution is 0.521. The normalized spacial score (nSPS) is 13.0. The number of benzene rings is 1. The maximum absolute atomic E-state index is 6.28. The fraction of sp³-hybridized carbons (Fsp3) is 0.286. The summed E-state index contributed by atoms with van der Waals surface area (Å²) in [6.45, 7) is 4.23. The van der Waals surface area contributed by atoms with Gasteiger partial charge in [0.05, 0.1) is 10.0 Å². The molecule has 0 saturated heterocycles. The second-order valence-corrected chi connectivity index (χ2v) is 7.56. The maximum Gasteiger partial charge on any atom is 0.0518 e. The molecule has 0 fully saturated rings. The highest BCUT2D eigenvalue weighted by Gasteiger charge is 2.16. The van der Waals surface area contributed by atoms with Crippen LogP contribution in [0.25, 0.3) is 10.4 Å². The van der Waals surface area contributed by atoms with Crippen LogP contribution in [0.1, 0.15) is 24.8 Å². The molecule has 0 spiro atoms. The molecule has 0 bridgehead atoms. The van der Waals surface area contributed by atoms with Crippen molar-refractivity contribution in [2.45, 2.75) is 19.9 Å². The molecule has 0 aliphatic heterocycles. The molecular formula is C14H14BrCl2NS. The van der Waals surface area contributed by atoms with Gasteiger partial charge >= 0.3 is 0 Å². The first-order chi connectivity index (χ1) is 8.90. The molecule has 19 heavy (non-hydrogen) atoms. The Hall–Kier alpha value is -0.0600. The van der Waals surface area contributed by atoms with Crippen molar-refractivity contribution < 1.29 is 0 Å². The van der Waals surface area contributed by atoms with E-state index in [4.69, 9.17) is 28.9 Å². The van der Waals surface area contributed by atoms with Crippen LogP contribution in [0.5, 0.6) is 0 Å². The lowest BCUT2D eigenvalue weighted by Crippen LogP contribution is -2.14. The topological polar surface area (TPSA) is 26.0 Å². The van der Waals surface area contributed by atoms with Crippen LogP contribution in [-0.2, 0) is 0 Å². The Balaban J connectivity index is 2.44. The van der Waals surface area contributed by atoms with E-state index in [0.717, 1.165) is 19.8 Å². The number of thiophene rings is 1. The van der Waals surface area contributed by atoms with E-state index in [1.165, 1.54) is 0 Å². The van der Waals surface area contributed by atoms with Gasteiger partial charge in [-0.25, -0.2) is 0 Å². The zero-order valence-electron chi connectivity index (χ0n) is 10.6. The minimum absolute atomic E-state index is 0.0479. The summed E-state index contributed by atoms with van der Waals surface area (Å²) < 4.78 is 0.877. The zero-order valence-corrected chi connectivity index (χ0v) is 14.5. The summed E-state index contributed by atoms with van der Waals surface area (Å²) in [5.74, 6) is 0.405. The lowest BCUT2D eigenvalue weighted by atomic mass is 10.0. The van der Waals surface area contributed by atoms with Gasteiger partial charge in [-0.15, -0.1) is 11.3 Å². The molecule has 5 heteroatoms. The monoisotopic (exact) mass is 377 g/mol. The van der Waals surface area contributed by atoms with Crippen molar-refractivity contribution >= 4 is 50.5 Å². The van der Waals surface area contributed by atoms with Crippen molar-refractivity contribution in [1.82, 2.24) is 0 Å². The van der Waals surface area contributed by atoms with Crippen LogP contribution in [0.15, 0.2) is 28.7 Å². The summed E-state index contributed by atoms with van der Waals surface area (Å²) in [6.07, 6.45) is 0. The minimum atomic E-state index is 0.0479. The van der Waals surface area contributed by atoms with E-state index in [9.17, 15) is 0 Å². The molecule has 1 unspecified atom stereocenters. The Morgan fingerprint density at radius 1 is 1.16 bits per heavy atom. The lowest BCUT2D eigenvalue weighted by Gasteiger charge is -2.13. The summed E-state index contributed by atoms with van der Waals surface area (Å²) in [4.78, 5) is 2.20. The third-order valence-electron chi connectivity index (χ3n) is 2.93. The highest BCUT2D eigenvalue weighted by atomic mass is 79.9. The second kappa shape index (κ2) is 6.15. The van der Waals surface area contributed by atoms with E-state index >= 15 is 0 Å². The van der Waals surface area contributed by atoms with Gasteiger partial charge in [0.2, 0.25) is 0 Å². The molecule has 0 saturated carbocycles. The van der Waals surface area contributed by atoms with Gasteiger partial charge in [0.1, 0.15) is 0 Å². The molecule has 2 rings (SSSR count). The van der Waals surface area contributed by atoms with E-state index in [2.05, 4.69) is 35.8 Å². The van der Waals surface area contributed by atoms with Crippen molar-refractivity contribution in [3.8, 4) is 10.4 Å². The second-order valence-electron chi connectivity index (χ2n) is 4.72. The van der Waals surface area contributed by atoms with Crippen molar-refractivity contribution in [2.75, 3.05) is 0 Å². The molecule has 0 aliphatic carbocycles. The summed E-state index contributed by atoms with van der Waals surface area (Å²) in [6, 6.07) is 7.84. The van der Waals surface area contributed by atoms with Crippen LogP contribution in [0.4, 0.5) is 0 Å². The van der Waals surface area contributed by atoms with Crippen molar-refractivity contribution in [2.24, 2.45) is 11.7 Å². The minimum Gasteiger partial charge on any atom is -0.323 e. The van der Waals surface area contributed by atoms with Crippen LogP contribution >= 0.6 is 50.5 Å². The molecule has 1 atom stereocenters. The molecule has 1 aromatic carbocycles. The van der Waals surface area contributed by atoms with Gasteiger partial charge in [0.15, 0.2) is 0 Å². The Bertz CT molecular complexity index is 572. The Morgan fingerprint density at radius 3 is 2.26 bits per heavy atom. The third kappa shape index (κ3) is 3.34. The Morgan fingerprint density at radius 2 is 1.74 bits per heavy atom. The molecular weight excluding hydrogens is 365 g/mol. The van der Waals surface area contributed by atoms with E-state index < -0.39 is 0 Å². The van der Waals surface area contributed by atoms with Gasteiger partial charge in [-0.05, 0) is 30.2 Å². The van der Waals surface area contributed by atoms with Crippen molar-refractivity contribution in [1.29, 1.82) is 0 Å². The largest absolute Gasteiger partial charge is 0.323 e. The number of nitrogens with two attached hydrogens (primary N) is 1. The van der Waals surface area contributed by atoms with Crippen LogP contribution in [0, 0.1) is 5.92 Å². The first-order valence-electron chi connectivity index (χ1n) is 5.90. The Labute approximate surface area is 135 Å². The van der Waals surface area contributed by atoms with E-state index in [1.807, 2.05) is 18.2 Å². The summed E-state index contributed by atoms with van der Waals surface area (Å²) in [5.41, 5.74) is 7.04. The van der Waals surface area contributed by atoms with Gasteiger partial charge in [-0.3, -0.25) is 0 Å². The third-order valence-corrected chi connectivity index (χ3v) is 5.18. The van der Waals surface area contributed by atoms with E-state index in [0.29, 0.717) is 16.0 Å². The summed E-state index contributed by atoms with van der Waals surface area (Å²) >= 11 is 17.6. The fourth-order valence-corrected chi connectivity index (χ4v) is 4.55. The van der Waals surface area contributed by atoms with Gasteiger partial charge in [0.25, 0.3) is 0 Å². The molecule has 2 aromatic rings. The highest BCUT2D eigenvalue weighted by Crippen LogP contribution is 2.41. The molecule has 0 amide bonds.